The number of nitrogens with zero attached hydrogens (tertiary/aromatic N) is 1. The Labute approximate surface area is 170 Å². The van der Waals surface area contributed by atoms with Crippen molar-refractivity contribution in [1.82, 2.24) is 10.2 Å². The summed E-state index contributed by atoms with van der Waals surface area (Å²) in [6.45, 7) is 1.59. The molecule has 2 aliphatic rings. The standard InChI is InChI=1S/C22H27N3O2S/c26-21(25-13-5-6-14-25)17-10-3-4-11-18(17)23-22(27)24-20(16-8-1-2-9-16)19-12-7-15-28-19/h3-4,7,10-12,15-16,20H,1-2,5-6,8-9,13-14H2,(H2,23,24,27)/t20-/m1/s1. The van der Waals surface area contributed by atoms with E-state index in [0.717, 1.165) is 38.8 Å². The fraction of sp³-hybridized carbons (Fsp3) is 0.455. The van der Waals surface area contributed by atoms with Gasteiger partial charge in [-0.2, -0.15) is 0 Å². The van der Waals surface area contributed by atoms with Crippen LogP contribution in [-0.4, -0.2) is 29.9 Å². The fourth-order valence-electron chi connectivity index (χ4n) is 4.35. The first kappa shape index (κ1) is 19.0. The lowest BCUT2D eigenvalue weighted by atomic mass is 9.97. The third kappa shape index (κ3) is 4.22. The smallest absolute Gasteiger partial charge is 0.319 e. The molecule has 0 unspecified atom stereocenters. The van der Waals surface area contributed by atoms with E-state index in [2.05, 4.69) is 22.1 Å². The Bertz CT molecular complexity index is 809. The largest absolute Gasteiger partial charge is 0.339 e. The van der Waals surface area contributed by atoms with Gasteiger partial charge >= 0.3 is 6.03 Å². The number of likely N-dealkylation sites (tertiary alicyclic amines) is 1. The van der Waals surface area contributed by atoms with Crippen LogP contribution in [0.4, 0.5) is 10.5 Å². The molecule has 1 aliphatic carbocycles. The third-order valence-electron chi connectivity index (χ3n) is 5.81. The van der Waals surface area contributed by atoms with Crippen molar-refractivity contribution in [3.63, 3.8) is 0 Å². The van der Waals surface area contributed by atoms with Gasteiger partial charge in [0.25, 0.3) is 5.91 Å². The number of thiophene rings is 1. The van der Waals surface area contributed by atoms with Crippen LogP contribution in [0, 0.1) is 5.92 Å². The molecule has 1 atom stereocenters. The van der Waals surface area contributed by atoms with E-state index in [1.165, 1.54) is 17.7 Å². The van der Waals surface area contributed by atoms with E-state index in [0.29, 0.717) is 17.2 Å². The maximum absolute atomic E-state index is 12.8. The lowest BCUT2D eigenvalue weighted by Crippen LogP contribution is -2.36. The Morgan fingerprint density at radius 3 is 2.46 bits per heavy atom. The molecule has 148 valence electrons. The highest BCUT2D eigenvalue weighted by atomic mass is 32.1. The van der Waals surface area contributed by atoms with Crippen LogP contribution in [0.25, 0.3) is 0 Å². The number of hydrogen-bond acceptors (Lipinski definition) is 3. The molecule has 5 nitrogen and oxygen atoms in total. The van der Waals surface area contributed by atoms with Gasteiger partial charge in [0, 0.05) is 18.0 Å². The summed E-state index contributed by atoms with van der Waals surface area (Å²) in [5, 5.41) is 8.18. The highest BCUT2D eigenvalue weighted by Crippen LogP contribution is 2.37. The van der Waals surface area contributed by atoms with Crippen LogP contribution in [0.1, 0.15) is 59.8 Å². The van der Waals surface area contributed by atoms with E-state index in [1.807, 2.05) is 23.1 Å². The van der Waals surface area contributed by atoms with Crippen molar-refractivity contribution in [1.29, 1.82) is 0 Å². The molecule has 1 aliphatic heterocycles. The van der Waals surface area contributed by atoms with Crippen LogP contribution in [0.5, 0.6) is 0 Å². The number of carbonyl (C=O) groups is 2. The van der Waals surface area contributed by atoms with Crippen LogP contribution in [0.3, 0.4) is 0 Å². The normalized spacial score (nSPS) is 18.2. The Hall–Kier alpha value is -2.34. The highest BCUT2D eigenvalue weighted by Gasteiger charge is 2.29. The van der Waals surface area contributed by atoms with Crippen molar-refractivity contribution < 1.29 is 9.59 Å². The van der Waals surface area contributed by atoms with E-state index in [-0.39, 0.29) is 18.0 Å². The van der Waals surface area contributed by atoms with Gasteiger partial charge in [0.05, 0.1) is 17.3 Å². The average molecular weight is 398 g/mol. The maximum Gasteiger partial charge on any atom is 0.319 e. The minimum absolute atomic E-state index is 0.000926. The van der Waals surface area contributed by atoms with Crippen molar-refractivity contribution in [2.45, 2.75) is 44.6 Å². The SMILES string of the molecule is O=C(Nc1ccccc1C(=O)N1CCCC1)N[C@@H](c1cccs1)C1CCCC1. The first-order valence-electron chi connectivity index (χ1n) is 10.2. The zero-order valence-corrected chi connectivity index (χ0v) is 16.8. The minimum atomic E-state index is -0.244. The lowest BCUT2D eigenvalue weighted by molar-refractivity contribution is 0.0794. The summed E-state index contributed by atoms with van der Waals surface area (Å²) in [6.07, 6.45) is 6.84. The average Bonchev–Trinajstić information content (AvgIpc) is 3.49. The molecule has 2 N–H and O–H groups in total. The number of hydrogen-bond donors (Lipinski definition) is 2. The lowest BCUT2D eigenvalue weighted by Gasteiger charge is -2.24. The first-order chi connectivity index (χ1) is 13.7. The molecule has 4 rings (SSSR count). The zero-order chi connectivity index (χ0) is 19.3. The molecule has 0 bridgehead atoms. The Balaban J connectivity index is 1.48. The van der Waals surface area contributed by atoms with Gasteiger partial charge in [0.15, 0.2) is 0 Å². The summed E-state index contributed by atoms with van der Waals surface area (Å²) < 4.78 is 0. The number of urea groups is 1. The number of para-hydroxylation sites is 1. The summed E-state index contributed by atoms with van der Waals surface area (Å²) in [7, 11) is 0. The van der Waals surface area contributed by atoms with Crippen molar-refractivity contribution >= 4 is 29.0 Å². The molecule has 1 saturated carbocycles. The Kier molecular flexibility index (Phi) is 5.95. The second-order valence-corrected chi connectivity index (χ2v) is 8.66. The highest BCUT2D eigenvalue weighted by molar-refractivity contribution is 7.10. The first-order valence-corrected chi connectivity index (χ1v) is 11.1. The van der Waals surface area contributed by atoms with Gasteiger partial charge < -0.3 is 15.5 Å². The molecule has 2 heterocycles. The molecule has 28 heavy (non-hydrogen) atoms. The molecular formula is C22H27N3O2S. The van der Waals surface area contributed by atoms with Crippen LogP contribution in [0.15, 0.2) is 41.8 Å². The van der Waals surface area contributed by atoms with E-state index in [1.54, 1.807) is 23.5 Å². The molecule has 2 fully saturated rings. The molecule has 0 spiro atoms. The molecule has 3 amide bonds. The second-order valence-electron chi connectivity index (χ2n) is 7.68. The van der Waals surface area contributed by atoms with Crippen molar-refractivity contribution in [2.75, 3.05) is 18.4 Å². The van der Waals surface area contributed by atoms with Crippen molar-refractivity contribution in [3.05, 3.63) is 52.2 Å². The number of benzene rings is 1. The number of nitrogens with one attached hydrogen (secondary N) is 2. The van der Waals surface area contributed by atoms with E-state index >= 15 is 0 Å². The minimum Gasteiger partial charge on any atom is -0.339 e. The van der Waals surface area contributed by atoms with Crippen molar-refractivity contribution in [2.24, 2.45) is 5.92 Å². The third-order valence-corrected chi connectivity index (χ3v) is 6.76. The maximum atomic E-state index is 12.8. The predicted octanol–water partition coefficient (Wildman–Crippen LogP) is 5.04. The van der Waals surface area contributed by atoms with Gasteiger partial charge in [-0.3, -0.25) is 4.79 Å². The summed E-state index contributed by atoms with van der Waals surface area (Å²) in [5.74, 6) is 0.477. The summed E-state index contributed by atoms with van der Waals surface area (Å²) in [6, 6.07) is 11.2. The molecule has 6 heteroatoms. The summed E-state index contributed by atoms with van der Waals surface area (Å²) in [5.41, 5.74) is 1.14. The molecule has 1 aromatic heterocycles. The van der Waals surface area contributed by atoms with Gasteiger partial charge in [-0.05, 0) is 55.2 Å². The van der Waals surface area contributed by atoms with Crippen LogP contribution >= 0.6 is 11.3 Å². The van der Waals surface area contributed by atoms with E-state index in [9.17, 15) is 9.59 Å². The fourth-order valence-corrected chi connectivity index (χ4v) is 5.22. The summed E-state index contributed by atoms with van der Waals surface area (Å²) in [4.78, 5) is 28.7. The van der Waals surface area contributed by atoms with Crippen molar-refractivity contribution in [3.8, 4) is 0 Å². The van der Waals surface area contributed by atoms with Gasteiger partial charge in [-0.15, -0.1) is 11.3 Å². The van der Waals surface area contributed by atoms with Gasteiger partial charge in [0.1, 0.15) is 0 Å². The quantitative estimate of drug-likeness (QED) is 0.743. The van der Waals surface area contributed by atoms with Gasteiger partial charge in [-0.25, -0.2) is 4.79 Å². The number of carbonyl (C=O) groups excluding carboxylic acids is 2. The second kappa shape index (κ2) is 8.78. The van der Waals surface area contributed by atoms with E-state index in [4.69, 9.17) is 0 Å². The topological polar surface area (TPSA) is 61.4 Å². The number of rotatable bonds is 5. The molecule has 0 radical (unpaired) electrons. The number of amides is 3. The van der Waals surface area contributed by atoms with Crippen LogP contribution in [-0.2, 0) is 0 Å². The Morgan fingerprint density at radius 2 is 1.75 bits per heavy atom. The summed E-state index contributed by atoms with van der Waals surface area (Å²) >= 11 is 1.69. The Morgan fingerprint density at radius 1 is 1.00 bits per heavy atom. The predicted molar refractivity (Wildman–Crippen MR) is 113 cm³/mol. The van der Waals surface area contributed by atoms with Gasteiger partial charge in [-0.1, -0.05) is 31.0 Å². The molecule has 1 aromatic carbocycles. The van der Waals surface area contributed by atoms with E-state index < -0.39 is 0 Å². The molecular weight excluding hydrogens is 370 g/mol. The van der Waals surface area contributed by atoms with Gasteiger partial charge in [0.2, 0.25) is 0 Å². The zero-order valence-electron chi connectivity index (χ0n) is 16.0. The van der Waals surface area contributed by atoms with Crippen LogP contribution < -0.4 is 10.6 Å². The molecule has 1 saturated heterocycles. The molecule has 2 aromatic rings. The monoisotopic (exact) mass is 397 g/mol. The number of anilines is 1. The van der Waals surface area contributed by atoms with Crippen LogP contribution in [0.2, 0.25) is 0 Å².